The maximum absolute atomic E-state index is 14.9. The molecule has 0 aliphatic rings. The highest BCUT2D eigenvalue weighted by molar-refractivity contribution is 7.85. The molecule has 0 unspecified atom stereocenters. The molecule has 2 aromatic heterocycles. The molecule has 194 valence electrons. The predicted molar refractivity (Wildman–Crippen MR) is 177 cm³/mol. The van der Waals surface area contributed by atoms with Crippen molar-refractivity contribution in [2.24, 2.45) is 0 Å². The standard InChI is InChI=1S/C37H24NOPS/c39-40(26-11-3-1-4-12-26,27-13-5-2-6-14-27)28-21-19-25(20-22-28)37-33-24-36-32(30-16-8-10-18-35(30)41-36)23-31(33)29-15-7-9-17-34(29)38-37/h1-24H. The number of pyridine rings is 1. The lowest BCUT2D eigenvalue weighted by molar-refractivity contribution is 0.592. The number of hydrogen-bond acceptors (Lipinski definition) is 3. The van der Waals surface area contributed by atoms with E-state index in [1.165, 1.54) is 25.6 Å². The van der Waals surface area contributed by atoms with Gasteiger partial charge in [-0.1, -0.05) is 121 Å². The highest BCUT2D eigenvalue weighted by Crippen LogP contribution is 2.44. The number of hydrogen-bond donors (Lipinski definition) is 0. The van der Waals surface area contributed by atoms with Crippen LogP contribution in [0.5, 0.6) is 0 Å². The lowest BCUT2D eigenvalue weighted by Gasteiger charge is -2.20. The summed E-state index contributed by atoms with van der Waals surface area (Å²) in [5.74, 6) is 0. The van der Waals surface area contributed by atoms with Crippen molar-refractivity contribution in [1.82, 2.24) is 4.98 Å². The molecule has 0 atom stereocenters. The van der Waals surface area contributed by atoms with E-state index in [9.17, 15) is 4.57 Å². The van der Waals surface area contributed by atoms with Gasteiger partial charge in [0.05, 0.1) is 11.2 Å². The van der Waals surface area contributed by atoms with Crippen molar-refractivity contribution in [3.8, 4) is 11.3 Å². The average Bonchev–Trinajstić information content (AvgIpc) is 3.41. The third-order valence-corrected chi connectivity index (χ3v) is 12.2. The van der Waals surface area contributed by atoms with Crippen molar-refractivity contribution in [2.75, 3.05) is 0 Å². The van der Waals surface area contributed by atoms with Crippen LogP contribution >= 0.6 is 18.5 Å². The highest BCUT2D eigenvalue weighted by atomic mass is 32.1. The summed E-state index contributed by atoms with van der Waals surface area (Å²) in [6.45, 7) is 0. The van der Waals surface area contributed by atoms with Crippen molar-refractivity contribution in [3.05, 3.63) is 146 Å². The van der Waals surface area contributed by atoms with E-state index in [1.54, 1.807) is 0 Å². The summed E-state index contributed by atoms with van der Waals surface area (Å²) in [6.07, 6.45) is 0. The van der Waals surface area contributed by atoms with Crippen LogP contribution in [0.4, 0.5) is 0 Å². The van der Waals surface area contributed by atoms with Gasteiger partial charge in [0.2, 0.25) is 0 Å². The predicted octanol–water partition coefficient (Wildman–Crippen LogP) is 9.06. The van der Waals surface area contributed by atoms with Crippen LogP contribution in [0.15, 0.2) is 146 Å². The van der Waals surface area contributed by atoms with Gasteiger partial charge in [0.1, 0.15) is 0 Å². The summed E-state index contributed by atoms with van der Waals surface area (Å²) >= 11 is 1.82. The third-order valence-electron chi connectivity index (χ3n) is 7.94. The largest absolute Gasteiger partial charge is 0.309 e. The molecule has 6 aromatic carbocycles. The number of aromatic nitrogens is 1. The van der Waals surface area contributed by atoms with Crippen molar-refractivity contribution in [3.63, 3.8) is 0 Å². The number of para-hydroxylation sites is 1. The molecule has 0 amide bonds. The highest BCUT2D eigenvalue weighted by Gasteiger charge is 2.29. The fraction of sp³-hybridized carbons (Fsp3) is 0. The number of thiophene rings is 1. The molecular weight excluding hydrogens is 537 g/mol. The second kappa shape index (κ2) is 9.52. The lowest BCUT2D eigenvalue weighted by Crippen LogP contribution is -2.24. The van der Waals surface area contributed by atoms with Crippen LogP contribution in [0.2, 0.25) is 0 Å². The van der Waals surface area contributed by atoms with Gasteiger partial charge in [-0.3, -0.25) is 0 Å². The Morgan fingerprint density at radius 2 is 1.05 bits per heavy atom. The molecule has 4 heteroatoms. The Hall–Kier alpha value is -4.56. The lowest BCUT2D eigenvalue weighted by atomic mass is 9.98. The van der Waals surface area contributed by atoms with Crippen molar-refractivity contribution in [2.45, 2.75) is 0 Å². The summed E-state index contributed by atoms with van der Waals surface area (Å²) in [5.41, 5.74) is 2.92. The summed E-state index contributed by atoms with van der Waals surface area (Å²) in [7, 11) is -3.04. The van der Waals surface area contributed by atoms with E-state index < -0.39 is 7.14 Å². The third kappa shape index (κ3) is 3.85. The minimum absolute atomic E-state index is 0.815. The average molecular weight is 562 g/mol. The summed E-state index contributed by atoms with van der Waals surface area (Å²) in [5, 5.41) is 8.53. The quantitative estimate of drug-likeness (QED) is 0.158. The maximum Gasteiger partial charge on any atom is 0.171 e. The van der Waals surface area contributed by atoms with E-state index in [4.69, 9.17) is 4.98 Å². The molecule has 0 N–H and O–H groups in total. The number of fused-ring (bicyclic) bond motifs is 6. The molecule has 8 rings (SSSR count). The maximum atomic E-state index is 14.9. The van der Waals surface area contributed by atoms with E-state index in [-0.39, 0.29) is 0 Å². The van der Waals surface area contributed by atoms with Gasteiger partial charge in [0, 0.05) is 52.4 Å². The van der Waals surface area contributed by atoms with Crippen LogP contribution in [-0.2, 0) is 4.57 Å². The minimum atomic E-state index is -3.04. The second-order valence-corrected chi connectivity index (χ2v) is 14.1. The molecule has 0 aliphatic heterocycles. The molecule has 8 aromatic rings. The molecule has 0 radical (unpaired) electrons. The van der Waals surface area contributed by atoms with E-state index >= 15 is 0 Å². The first-order chi connectivity index (χ1) is 20.2. The Bertz CT molecular complexity index is 2230. The molecule has 0 saturated heterocycles. The summed E-state index contributed by atoms with van der Waals surface area (Å²) in [4.78, 5) is 5.18. The SMILES string of the molecule is O=P(c1ccccc1)(c1ccccc1)c1ccc(-c2nc3ccccc3c3cc4c(cc23)sc2ccccc24)cc1. The number of rotatable bonds is 4. The van der Waals surface area contributed by atoms with Gasteiger partial charge in [0.25, 0.3) is 0 Å². The van der Waals surface area contributed by atoms with Crippen molar-refractivity contribution in [1.29, 1.82) is 0 Å². The second-order valence-electron chi connectivity index (χ2n) is 10.3. The Kier molecular flexibility index (Phi) is 5.63. The van der Waals surface area contributed by atoms with Gasteiger partial charge in [-0.15, -0.1) is 11.3 Å². The first-order valence-corrected chi connectivity index (χ1v) is 16.2. The van der Waals surface area contributed by atoms with Gasteiger partial charge >= 0.3 is 0 Å². The first kappa shape index (κ1) is 24.3. The van der Waals surface area contributed by atoms with Crippen LogP contribution in [0, 0.1) is 0 Å². The van der Waals surface area contributed by atoms with Gasteiger partial charge in [-0.25, -0.2) is 4.98 Å². The zero-order valence-electron chi connectivity index (χ0n) is 22.1. The Morgan fingerprint density at radius 1 is 0.463 bits per heavy atom. The van der Waals surface area contributed by atoms with Crippen LogP contribution < -0.4 is 15.9 Å². The van der Waals surface area contributed by atoms with E-state index in [0.29, 0.717) is 0 Å². The van der Waals surface area contributed by atoms with Crippen LogP contribution in [-0.4, -0.2) is 4.98 Å². The Morgan fingerprint density at radius 3 is 1.76 bits per heavy atom. The molecule has 0 aliphatic carbocycles. The molecular formula is C37H24NOPS. The van der Waals surface area contributed by atoms with E-state index in [0.717, 1.165) is 43.5 Å². The normalized spacial score (nSPS) is 12.0. The zero-order valence-corrected chi connectivity index (χ0v) is 23.8. The molecule has 0 spiro atoms. The van der Waals surface area contributed by atoms with E-state index in [2.05, 4.69) is 66.7 Å². The summed E-state index contributed by atoms with van der Waals surface area (Å²) in [6, 6.07) is 49.5. The van der Waals surface area contributed by atoms with Gasteiger partial charge in [0.15, 0.2) is 7.14 Å². The fourth-order valence-corrected chi connectivity index (χ4v) is 9.72. The molecule has 41 heavy (non-hydrogen) atoms. The molecule has 0 saturated carbocycles. The Balaban J connectivity index is 1.35. The molecule has 0 fully saturated rings. The molecule has 0 bridgehead atoms. The monoisotopic (exact) mass is 561 g/mol. The smallest absolute Gasteiger partial charge is 0.171 e. The number of benzene rings is 6. The fourth-order valence-electron chi connectivity index (χ4n) is 5.94. The summed E-state index contributed by atoms with van der Waals surface area (Å²) < 4.78 is 17.4. The minimum Gasteiger partial charge on any atom is -0.309 e. The first-order valence-electron chi connectivity index (χ1n) is 13.7. The Labute approximate surface area is 241 Å². The van der Waals surface area contributed by atoms with Crippen LogP contribution in [0.1, 0.15) is 0 Å². The van der Waals surface area contributed by atoms with Gasteiger partial charge < -0.3 is 4.57 Å². The number of nitrogens with zero attached hydrogens (tertiary/aromatic N) is 1. The molecule has 2 nitrogen and oxygen atoms in total. The van der Waals surface area contributed by atoms with Gasteiger partial charge in [-0.2, -0.15) is 0 Å². The zero-order chi connectivity index (χ0) is 27.4. The van der Waals surface area contributed by atoms with Crippen LogP contribution in [0.25, 0.3) is 53.1 Å². The van der Waals surface area contributed by atoms with Crippen LogP contribution in [0.3, 0.4) is 0 Å². The molecule has 2 heterocycles. The van der Waals surface area contributed by atoms with Crippen molar-refractivity contribution >= 4 is 76.2 Å². The van der Waals surface area contributed by atoms with Crippen molar-refractivity contribution < 1.29 is 4.57 Å². The van der Waals surface area contributed by atoms with Gasteiger partial charge in [-0.05, 0) is 29.7 Å². The topological polar surface area (TPSA) is 30.0 Å². The van der Waals surface area contributed by atoms with E-state index in [1.807, 2.05) is 90.2 Å².